The smallest absolute Gasteiger partial charge is 0.336 e. The molecule has 1 saturated carbocycles. The maximum Gasteiger partial charge on any atom is 0.336 e. The first-order valence-electron chi connectivity index (χ1n) is 4.67. The van der Waals surface area contributed by atoms with Gasteiger partial charge in [0.15, 0.2) is 0 Å². The van der Waals surface area contributed by atoms with Gasteiger partial charge in [-0.3, -0.25) is 0 Å². The standard InChI is InChI=1S/C11H12O3/c1-7-2-3-9(14-8-4-5-8)6-10(7)11(12)13/h2-3,6,8H,4-5H2,1H3,(H,12,13). The molecule has 0 radical (unpaired) electrons. The van der Waals surface area contributed by atoms with E-state index in [1.807, 2.05) is 6.07 Å². The third kappa shape index (κ3) is 1.87. The lowest BCUT2D eigenvalue weighted by Crippen LogP contribution is -2.02. The molecule has 14 heavy (non-hydrogen) atoms. The van der Waals surface area contributed by atoms with E-state index in [4.69, 9.17) is 9.84 Å². The van der Waals surface area contributed by atoms with Crippen molar-refractivity contribution in [1.82, 2.24) is 0 Å². The summed E-state index contributed by atoms with van der Waals surface area (Å²) in [5.74, 6) is -0.237. The second-order valence-corrected chi connectivity index (χ2v) is 3.60. The van der Waals surface area contributed by atoms with Crippen LogP contribution in [0.25, 0.3) is 0 Å². The lowest BCUT2D eigenvalue weighted by Gasteiger charge is -2.06. The first kappa shape index (κ1) is 9.06. The van der Waals surface area contributed by atoms with Crippen LogP contribution in [0.1, 0.15) is 28.8 Å². The zero-order valence-electron chi connectivity index (χ0n) is 7.99. The van der Waals surface area contributed by atoms with E-state index in [-0.39, 0.29) is 0 Å². The predicted molar refractivity (Wildman–Crippen MR) is 51.8 cm³/mol. The van der Waals surface area contributed by atoms with Crippen LogP contribution >= 0.6 is 0 Å². The molecule has 0 unspecified atom stereocenters. The number of benzene rings is 1. The van der Waals surface area contributed by atoms with Gasteiger partial charge in [-0.05, 0) is 37.5 Å². The minimum Gasteiger partial charge on any atom is -0.490 e. The van der Waals surface area contributed by atoms with E-state index < -0.39 is 5.97 Å². The average molecular weight is 192 g/mol. The summed E-state index contributed by atoms with van der Waals surface area (Å²) in [7, 11) is 0. The molecule has 1 aliphatic rings. The molecule has 0 saturated heterocycles. The van der Waals surface area contributed by atoms with Gasteiger partial charge in [0.05, 0.1) is 11.7 Å². The highest BCUT2D eigenvalue weighted by Gasteiger charge is 2.23. The van der Waals surface area contributed by atoms with E-state index in [0.717, 1.165) is 18.4 Å². The van der Waals surface area contributed by atoms with Gasteiger partial charge < -0.3 is 9.84 Å². The fourth-order valence-electron chi connectivity index (χ4n) is 1.28. The molecule has 0 atom stereocenters. The SMILES string of the molecule is Cc1ccc(OC2CC2)cc1C(=O)O. The highest BCUT2D eigenvalue weighted by molar-refractivity contribution is 5.89. The number of ether oxygens (including phenoxy) is 1. The molecule has 1 aromatic carbocycles. The predicted octanol–water partition coefficient (Wildman–Crippen LogP) is 2.23. The summed E-state index contributed by atoms with van der Waals surface area (Å²) in [6.45, 7) is 1.78. The van der Waals surface area contributed by atoms with Gasteiger partial charge >= 0.3 is 5.97 Å². The minimum absolute atomic E-state index is 0.305. The Morgan fingerprint density at radius 3 is 2.79 bits per heavy atom. The Balaban J connectivity index is 2.24. The zero-order chi connectivity index (χ0) is 10.1. The van der Waals surface area contributed by atoms with Crippen molar-refractivity contribution in [2.24, 2.45) is 0 Å². The molecule has 1 aliphatic carbocycles. The zero-order valence-corrected chi connectivity index (χ0v) is 7.99. The van der Waals surface area contributed by atoms with Gasteiger partial charge in [0.25, 0.3) is 0 Å². The van der Waals surface area contributed by atoms with Gasteiger partial charge in [0, 0.05) is 0 Å². The maximum absolute atomic E-state index is 10.8. The normalized spacial score (nSPS) is 15.2. The summed E-state index contributed by atoms with van der Waals surface area (Å²) in [5, 5.41) is 8.88. The van der Waals surface area contributed by atoms with E-state index in [9.17, 15) is 4.79 Å². The third-order valence-corrected chi connectivity index (χ3v) is 2.27. The minimum atomic E-state index is -0.899. The first-order valence-corrected chi connectivity index (χ1v) is 4.67. The van der Waals surface area contributed by atoms with Crippen molar-refractivity contribution in [2.75, 3.05) is 0 Å². The maximum atomic E-state index is 10.8. The van der Waals surface area contributed by atoms with Crippen molar-refractivity contribution in [3.8, 4) is 5.75 Å². The highest BCUT2D eigenvalue weighted by Crippen LogP contribution is 2.27. The number of aryl methyl sites for hydroxylation is 1. The summed E-state index contributed by atoms with van der Waals surface area (Å²) in [4.78, 5) is 10.8. The van der Waals surface area contributed by atoms with Crippen molar-refractivity contribution in [3.05, 3.63) is 29.3 Å². The Morgan fingerprint density at radius 2 is 2.21 bits per heavy atom. The van der Waals surface area contributed by atoms with Crippen molar-refractivity contribution >= 4 is 5.97 Å². The molecule has 0 aromatic heterocycles. The van der Waals surface area contributed by atoms with Crippen LogP contribution < -0.4 is 4.74 Å². The Morgan fingerprint density at radius 1 is 1.50 bits per heavy atom. The van der Waals surface area contributed by atoms with E-state index >= 15 is 0 Å². The van der Waals surface area contributed by atoms with Crippen molar-refractivity contribution < 1.29 is 14.6 Å². The van der Waals surface area contributed by atoms with Crippen LogP contribution in [0.2, 0.25) is 0 Å². The molecule has 2 rings (SSSR count). The number of carboxylic acids is 1. The highest BCUT2D eigenvalue weighted by atomic mass is 16.5. The summed E-state index contributed by atoms with van der Waals surface area (Å²) >= 11 is 0. The largest absolute Gasteiger partial charge is 0.490 e. The molecular weight excluding hydrogens is 180 g/mol. The summed E-state index contributed by atoms with van der Waals surface area (Å²) in [6.07, 6.45) is 2.46. The molecule has 1 aromatic rings. The number of carboxylic acid groups (broad SMARTS) is 1. The molecule has 0 aliphatic heterocycles. The van der Waals surface area contributed by atoms with Crippen LogP contribution in [0.15, 0.2) is 18.2 Å². The second-order valence-electron chi connectivity index (χ2n) is 3.60. The van der Waals surface area contributed by atoms with Crippen LogP contribution in [0, 0.1) is 6.92 Å². The molecule has 1 N–H and O–H groups in total. The van der Waals surface area contributed by atoms with Gasteiger partial charge in [-0.15, -0.1) is 0 Å². The molecule has 3 heteroatoms. The van der Waals surface area contributed by atoms with E-state index in [2.05, 4.69) is 0 Å². The van der Waals surface area contributed by atoms with Crippen LogP contribution in [-0.2, 0) is 0 Å². The van der Waals surface area contributed by atoms with Gasteiger partial charge in [-0.2, -0.15) is 0 Å². The molecular formula is C11H12O3. The number of hydrogen-bond donors (Lipinski definition) is 1. The van der Waals surface area contributed by atoms with Gasteiger partial charge in [-0.1, -0.05) is 6.07 Å². The molecule has 74 valence electrons. The van der Waals surface area contributed by atoms with E-state index in [1.54, 1.807) is 19.1 Å². The van der Waals surface area contributed by atoms with Crippen molar-refractivity contribution in [2.45, 2.75) is 25.9 Å². The summed E-state index contributed by atoms with van der Waals surface area (Å²) < 4.78 is 5.51. The van der Waals surface area contributed by atoms with Crippen LogP contribution in [-0.4, -0.2) is 17.2 Å². The molecule has 0 bridgehead atoms. The molecule has 0 heterocycles. The molecule has 3 nitrogen and oxygen atoms in total. The van der Waals surface area contributed by atoms with Crippen LogP contribution in [0.5, 0.6) is 5.75 Å². The van der Waals surface area contributed by atoms with Gasteiger partial charge in [0.1, 0.15) is 5.75 Å². The fraction of sp³-hybridized carbons (Fsp3) is 0.364. The molecule has 1 fully saturated rings. The van der Waals surface area contributed by atoms with E-state index in [1.165, 1.54) is 0 Å². The lowest BCUT2D eigenvalue weighted by molar-refractivity contribution is 0.0695. The second kappa shape index (κ2) is 3.33. The molecule has 0 amide bonds. The Kier molecular flexibility index (Phi) is 2.15. The summed E-state index contributed by atoms with van der Waals surface area (Å²) in [6, 6.07) is 5.19. The number of hydrogen-bond acceptors (Lipinski definition) is 2. The Labute approximate surface area is 82.3 Å². The fourth-order valence-corrected chi connectivity index (χ4v) is 1.28. The topological polar surface area (TPSA) is 46.5 Å². The first-order chi connectivity index (χ1) is 6.66. The number of rotatable bonds is 3. The van der Waals surface area contributed by atoms with Crippen LogP contribution in [0.4, 0.5) is 0 Å². The average Bonchev–Trinajstić information content (AvgIpc) is 2.92. The third-order valence-electron chi connectivity index (χ3n) is 2.27. The Bertz CT molecular complexity index is 367. The monoisotopic (exact) mass is 192 g/mol. The number of carbonyl (C=O) groups is 1. The van der Waals surface area contributed by atoms with Gasteiger partial charge in [0.2, 0.25) is 0 Å². The van der Waals surface area contributed by atoms with Crippen LogP contribution in [0.3, 0.4) is 0 Å². The molecule has 0 spiro atoms. The number of aromatic carboxylic acids is 1. The van der Waals surface area contributed by atoms with Crippen molar-refractivity contribution in [1.29, 1.82) is 0 Å². The quantitative estimate of drug-likeness (QED) is 0.798. The van der Waals surface area contributed by atoms with E-state index in [0.29, 0.717) is 17.4 Å². The van der Waals surface area contributed by atoms with Crippen molar-refractivity contribution in [3.63, 3.8) is 0 Å². The van der Waals surface area contributed by atoms with Gasteiger partial charge in [-0.25, -0.2) is 4.79 Å². The lowest BCUT2D eigenvalue weighted by atomic mass is 10.1. The Hall–Kier alpha value is -1.51. The summed E-state index contributed by atoms with van der Waals surface area (Å²) in [5.41, 5.74) is 1.09.